The SMILES string of the molecule is CCC12C=CCN3CC[C@@]4(c5cc([C@@]6(C(=O)OC)C[C@H]7CC(C(C)(F)F)CN(CCc8c6[nH]c6ccc(C#N)cc86)C7)c(OC)cc5N(C)[C@H]4[C@@](O)(C(=O)OC)[C@@H]1OC(C)=O)[C@@H]32. The van der Waals surface area contributed by atoms with Gasteiger partial charge in [0, 0.05) is 96.9 Å². The number of nitrogens with one attached hydrogen (secondary N) is 1. The molecule has 3 unspecified atom stereocenters. The molecule has 9 rings (SSSR count). The van der Waals surface area contributed by atoms with E-state index in [1.807, 2.05) is 42.2 Å². The minimum absolute atomic E-state index is 0.0902. The average molecular weight is 856 g/mol. The van der Waals surface area contributed by atoms with Crippen molar-refractivity contribution in [1.29, 1.82) is 5.26 Å². The average Bonchev–Trinajstić information content (AvgIpc) is 3.91. The number of halogens is 2. The van der Waals surface area contributed by atoms with Gasteiger partial charge in [0.15, 0.2) is 6.10 Å². The lowest BCUT2D eigenvalue weighted by Gasteiger charge is -2.63. The maximum atomic E-state index is 15.4. The first-order chi connectivity index (χ1) is 29.5. The van der Waals surface area contributed by atoms with Crippen LogP contribution in [0.15, 0.2) is 42.5 Å². The summed E-state index contributed by atoms with van der Waals surface area (Å²) in [5.74, 6) is -6.19. The molecule has 3 fully saturated rings. The number of likely N-dealkylation sites (N-methyl/N-ethyl adjacent to an activating group) is 1. The Morgan fingerprint density at radius 2 is 1.81 bits per heavy atom. The molecule has 2 aromatic carbocycles. The Kier molecular flexibility index (Phi) is 9.89. The van der Waals surface area contributed by atoms with E-state index in [-0.39, 0.29) is 25.3 Å². The molecule has 62 heavy (non-hydrogen) atoms. The van der Waals surface area contributed by atoms with Gasteiger partial charge in [0.1, 0.15) is 11.2 Å². The predicted molar refractivity (Wildman–Crippen MR) is 224 cm³/mol. The smallest absolute Gasteiger partial charge is 0.344 e. The van der Waals surface area contributed by atoms with E-state index in [4.69, 9.17) is 18.9 Å². The molecule has 2 bridgehead atoms. The lowest BCUT2D eigenvalue weighted by atomic mass is 9.47. The molecule has 10 atom stereocenters. The van der Waals surface area contributed by atoms with Crippen LogP contribution in [0.5, 0.6) is 5.75 Å². The number of rotatable bonds is 7. The van der Waals surface area contributed by atoms with Crippen LogP contribution < -0.4 is 9.64 Å². The molecule has 15 heteroatoms. The first-order valence-corrected chi connectivity index (χ1v) is 21.6. The number of hydrogen-bond donors (Lipinski definition) is 2. The van der Waals surface area contributed by atoms with E-state index in [9.17, 15) is 20.0 Å². The third-order valence-electron chi connectivity index (χ3n) is 15.8. The van der Waals surface area contributed by atoms with E-state index in [0.29, 0.717) is 79.2 Å². The molecule has 0 radical (unpaired) electrons. The number of nitriles is 1. The highest BCUT2D eigenvalue weighted by Gasteiger charge is 2.80. The van der Waals surface area contributed by atoms with Crippen LogP contribution in [0.3, 0.4) is 0 Å². The first-order valence-electron chi connectivity index (χ1n) is 21.6. The van der Waals surface area contributed by atoms with Gasteiger partial charge in [-0.25, -0.2) is 13.6 Å². The van der Waals surface area contributed by atoms with Gasteiger partial charge in [0.25, 0.3) is 0 Å². The monoisotopic (exact) mass is 855 g/mol. The van der Waals surface area contributed by atoms with E-state index >= 15 is 13.6 Å². The molecule has 3 aromatic rings. The Labute approximate surface area is 359 Å². The number of hydrogen-bond acceptors (Lipinski definition) is 12. The second kappa shape index (κ2) is 14.5. The van der Waals surface area contributed by atoms with Gasteiger partial charge in [0.05, 0.1) is 39.0 Å². The molecule has 6 aliphatic rings. The van der Waals surface area contributed by atoms with Crippen molar-refractivity contribution in [3.05, 3.63) is 70.4 Å². The summed E-state index contributed by atoms with van der Waals surface area (Å²) < 4.78 is 54.5. The highest BCUT2D eigenvalue weighted by Crippen LogP contribution is 2.68. The highest BCUT2D eigenvalue weighted by molar-refractivity contribution is 5.95. The minimum Gasteiger partial charge on any atom is -0.496 e. The van der Waals surface area contributed by atoms with Crippen LogP contribution in [0, 0.1) is 28.6 Å². The van der Waals surface area contributed by atoms with Crippen molar-refractivity contribution >= 4 is 34.5 Å². The Morgan fingerprint density at radius 1 is 1.05 bits per heavy atom. The summed E-state index contributed by atoms with van der Waals surface area (Å²) in [4.78, 5) is 52.7. The number of carbonyl (C=O) groups is 3. The zero-order valence-corrected chi connectivity index (χ0v) is 36.3. The van der Waals surface area contributed by atoms with Gasteiger partial charge in [-0.1, -0.05) is 19.1 Å². The number of anilines is 1. The summed E-state index contributed by atoms with van der Waals surface area (Å²) in [6.45, 7) is 6.51. The van der Waals surface area contributed by atoms with Crippen molar-refractivity contribution < 1.29 is 47.2 Å². The van der Waals surface area contributed by atoms with Crippen molar-refractivity contribution in [2.45, 2.75) is 93.4 Å². The molecule has 0 amide bonds. The number of nitrogens with zero attached hydrogens (tertiary/aromatic N) is 4. The molecule has 1 spiro atoms. The number of esters is 3. The van der Waals surface area contributed by atoms with E-state index in [1.165, 1.54) is 28.3 Å². The number of aliphatic hydroxyl groups is 1. The quantitative estimate of drug-likeness (QED) is 0.187. The highest BCUT2D eigenvalue weighted by atomic mass is 19.3. The fourth-order valence-corrected chi connectivity index (χ4v) is 13.5. The largest absolute Gasteiger partial charge is 0.496 e. The van der Waals surface area contributed by atoms with Gasteiger partial charge in [-0.3, -0.25) is 14.5 Å². The molecule has 5 aliphatic heterocycles. The second-order valence-corrected chi connectivity index (χ2v) is 18.7. The number of aromatic nitrogens is 1. The molecule has 1 saturated carbocycles. The fraction of sp³-hybridized carbons (Fsp3) is 0.574. The van der Waals surface area contributed by atoms with E-state index in [1.54, 1.807) is 19.2 Å². The molecule has 2 saturated heterocycles. The Morgan fingerprint density at radius 3 is 2.47 bits per heavy atom. The molecular weight excluding hydrogens is 801 g/mol. The number of ether oxygens (including phenoxy) is 4. The summed E-state index contributed by atoms with van der Waals surface area (Å²) in [6.07, 6.45) is 4.22. The predicted octanol–water partition coefficient (Wildman–Crippen LogP) is 4.99. The number of fused-ring (bicyclic) bond motifs is 6. The molecule has 1 aromatic heterocycles. The van der Waals surface area contributed by atoms with Crippen molar-refractivity contribution in [1.82, 2.24) is 14.8 Å². The lowest BCUT2D eigenvalue weighted by molar-refractivity contribution is -0.228. The van der Waals surface area contributed by atoms with Crippen molar-refractivity contribution in [3.63, 3.8) is 0 Å². The zero-order chi connectivity index (χ0) is 44.3. The van der Waals surface area contributed by atoms with Crippen LogP contribution in [-0.2, 0) is 45.8 Å². The van der Waals surface area contributed by atoms with E-state index in [0.717, 1.165) is 23.4 Å². The van der Waals surface area contributed by atoms with Gasteiger partial charge in [-0.2, -0.15) is 5.26 Å². The van der Waals surface area contributed by atoms with Crippen LogP contribution in [0.25, 0.3) is 10.9 Å². The molecule has 2 N–H and O–H groups in total. The van der Waals surface area contributed by atoms with Crippen LogP contribution >= 0.6 is 0 Å². The summed E-state index contributed by atoms with van der Waals surface area (Å²) >= 11 is 0. The number of methoxy groups -OCH3 is 3. The summed E-state index contributed by atoms with van der Waals surface area (Å²) in [6, 6.07) is 10.0. The second-order valence-electron chi connectivity index (χ2n) is 18.7. The normalized spacial score (nSPS) is 34.7. The summed E-state index contributed by atoms with van der Waals surface area (Å²) in [5.41, 5.74) is -1.77. The van der Waals surface area contributed by atoms with Crippen molar-refractivity contribution in [3.8, 4) is 11.8 Å². The standard InChI is InChI=1S/C47H55F2N5O8/c1-8-44-13-9-15-54-17-14-45(38(44)54)32-20-33(36(59-5)21-35(32)52(4)39(45)47(58,42(57)61-7)40(44)62-26(2)55)46(41(56)60-6)22-28-18-29(43(3,48)49)25-53(24-28)16-12-30-31-19-27(23-50)10-11-34(31)51-37(30)46/h9-11,13,19-21,28-29,38-40,51,58H,8,12,14-18,22,24-25H2,1-7H3/t28-,29?,38+,39-,40-,44?,45-,46+,47+/m1/s1. The van der Waals surface area contributed by atoms with Crippen LogP contribution in [0.1, 0.15) is 74.4 Å². The maximum absolute atomic E-state index is 15.4. The molecule has 1 aliphatic carbocycles. The van der Waals surface area contributed by atoms with Gasteiger partial charge in [-0.05, 0) is 86.9 Å². The molecule has 330 valence electrons. The number of aromatic amines is 1. The van der Waals surface area contributed by atoms with Gasteiger partial charge < -0.3 is 38.8 Å². The van der Waals surface area contributed by atoms with E-state index in [2.05, 4.69) is 20.9 Å². The Balaban J connectivity index is 1.37. The zero-order valence-electron chi connectivity index (χ0n) is 36.3. The molecule has 13 nitrogen and oxygen atoms in total. The van der Waals surface area contributed by atoms with Crippen LogP contribution in [0.4, 0.5) is 14.5 Å². The Bertz CT molecular complexity index is 2440. The van der Waals surface area contributed by atoms with E-state index < -0.39 is 69.8 Å². The van der Waals surface area contributed by atoms with Crippen molar-refractivity contribution in [2.24, 2.45) is 17.3 Å². The molecular formula is C47H55F2N5O8. The first kappa shape index (κ1) is 42.3. The fourth-order valence-electron chi connectivity index (χ4n) is 13.5. The third-order valence-corrected chi connectivity index (χ3v) is 15.8. The number of carbonyl (C=O) groups excluding carboxylic acids is 3. The number of benzene rings is 2. The number of piperidine rings is 1. The van der Waals surface area contributed by atoms with Crippen molar-refractivity contribution in [2.75, 3.05) is 66.0 Å². The minimum atomic E-state index is -2.97. The van der Waals surface area contributed by atoms with Crippen LogP contribution in [-0.4, -0.2) is 129 Å². The number of alkyl halides is 2. The molecule has 6 heterocycles. The third kappa shape index (κ3) is 5.54. The topological polar surface area (TPSA) is 158 Å². The maximum Gasteiger partial charge on any atom is 0.344 e. The Hall–Kier alpha value is -5.04. The summed E-state index contributed by atoms with van der Waals surface area (Å²) in [5, 5.41) is 24.1. The lowest BCUT2D eigenvalue weighted by Crippen LogP contribution is -2.81. The number of H-pyrrole nitrogens is 1. The van der Waals surface area contributed by atoms with Gasteiger partial charge in [0.2, 0.25) is 11.5 Å². The van der Waals surface area contributed by atoms with Gasteiger partial charge in [-0.15, -0.1) is 0 Å². The summed E-state index contributed by atoms with van der Waals surface area (Å²) in [7, 11) is 5.86. The van der Waals surface area contributed by atoms with Crippen LogP contribution in [0.2, 0.25) is 0 Å². The van der Waals surface area contributed by atoms with Gasteiger partial charge >= 0.3 is 17.9 Å².